The molecule has 0 bridgehead atoms. The molecule has 1 aromatic heterocycles. The van der Waals surface area contributed by atoms with Crippen molar-refractivity contribution in [1.82, 2.24) is 4.57 Å². The summed E-state index contributed by atoms with van der Waals surface area (Å²) >= 11 is 0.978. The first kappa shape index (κ1) is 21.1. The number of benzene rings is 2. The van der Waals surface area contributed by atoms with E-state index in [1.807, 2.05) is 0 Å². The Morgan fingerprint density at radius 2 is 1.90 bits per heavy atom. The molecule has 1 amide bonds. The van der Waals surface area contributed by atoms with Gasteiger partial charge in [0, 0.05) is 18.2 Å². The molecule has 0 N–H and O–H groups in total. The highest BCUT2D eigenvalue weighted by atomic mass is 32.2. The molecule has 0 aliphatic carbocycles. The van der Waals surface area contributed by atoms with Crippen LogP contribution in [-0.4, -0.2) is 24.1 Å². The van der Waals surface area contributed by atoms with Crippen LogP contribution in [0.5, 0.6) is 0 Å². The fourth-order valence-corrected chi connectivity index (χ4v) is 4.86. The third-order valence-electron chi connectivity index (χ3n) is 4.25. The summed E-state index contributed by atoms with van der Waals surface area (Å²) in [6.07, 6.45) is 1.52. The lowest BCUT2D eigenvalue weighted by Gasteiger charge is -2.07. The molecular weight excluding hydrogens is 418 g/mol. The topological polar surface area (TPSA) is 68.5 Å². The summed E-state index contributed by atoms with van der Waals surface area (Å²) in [5.41, 5.74) is 0.322. The second-order valence-electron chi connectivity index (χ2n) is 6.55. The van der Waals surface area contributed by atoms with Gasteiger partial charge in [-0.3, -0.25) is 4.79 Å². The molecule has 0 unspecified atom stereocenters. The van der Waals surface area contributed by atoms with E-state index in [1.165, 1.54) is 41.0 Å². The van der Waals surface area contributed by atoms with E-state index in [0.29, 0.717) is 4.70 Å². The lowest BCUT2D eigenvalue weighted by Crippen LogP contribution is -2.17. The molecule has 0 saturated heterocycles. The highest BCUT2D eigenvalue weighted by molar-refractivity contribution is 7.92. The van der Waals surface area contributed by atoms with Crippen LogP contribution in [0.3, 0.4) is 0 Å². The Bertz CT molecular complexity index is 1270. The summed E-state index contributed by atoms with van der Waals surface area (Å²) < 4.78 is 53.9. The zero-order chi connectivity index (χ0) is 21.3. The van der Waals surface area contributed by atoms with Gasteiger partial charge >= 0.3 is 0 Å². The lowest BCUT2D eigenvalue weighted by molar-refractivity contribution is 0.0997. The maximum absolute atomic E-state index is 14.3. The van der Waals surface area contributed by atoms with Gasteiger partial charge in [0.05, 0.1) is 20.4 Å². The fraction of sp³-hybridized carbons (Fsp3) is 0.200. The molecule has 2 aromatic carbocycles. The molecule has 0 saturated carbocycles. The minimum atomic E-state index is -3.45. The van der Waals surface area contributed by atoms with Gasteiger partial charge in [0.15, 0.2) is 20.5 Å². The van der Waals surface area contributed by atoms with Crippen molar-refractivity contribution in [3.63, 3.8) is 0 Å². The number of rotatable bonds is 5. The molecule has 3 rings (SSSR count). The van der Waals surface area contributed by atoms with Gasteiger partial charge in [-0.15, -0.1) is 6.58 Å². The van der Waals surface area contributed by atoms with E-state index in [2.05, 4.69) is 11.6 Å². The van der Waals surface area contributed by atoms with Crippen LogP contribution >= 0.6 is 11.3 Å². The molecule has 29 heavy (non-hydrogen) atoms. The summed E-state index contributed by atoms with van der Waals surface area (Å²) in [6, 6.07) is 7.43. The Kier molecular flexibility index (Phi) is 5.81. The van der Waals surface area contributed by atoms with Crippen molar-refractivity contribution in [2.45, 2.75) is 30.5 Å². The number of nitrogens with zero attached hydrogens (tertiary/aromatic N) is 2. The van der Waals surface area contributed by atoms with Crippen LogP contribution in [0.4, 0.5) is 8.78 Å². The standard InChI is InChI=1S/C20H18F2N2O3S2/c1-4-9-24-18-16(22)10-14(21)11-17(18)28-20(24)23-19(25)13-5-7-15(8-6-13)29(26,27)12(2)3/h4-8,10-12H,1,9H2,2-3H3. The Morgan fingerprint density at radius 1 is 1.24 bits per heavy atom. The first-order chi connectivity index (χ1) is 13.6. The minimum absolute atomic E-state index is 0.116. The molecule has 0 radical (unpaired) electrons. The molecule has 1 heterocycles. The van der Waals surface area contributed by atoms with E-state index in [-0.39, 0.29) is 27.3 Å². The van der Waals surface area contributed by atoms with Gasteiger partial charge < -0.3 is 4.57 Å². The number of halogens is 2. The van der Waals surface area contributed by atoms with Crippen molar-refractivity contribution in [3.8, 4) is 0 Å². The number of aromatic nitrogens is 1. The first-order valence-corrected chi connectivity index (χ1v) is 11.0. The number of fused-ring (bicyclic) bond motifs is 1. The minimum Gasteiger partial charge on any atom is -0.310 e. The zero-order valence-electron chi connectivity index (χ0n) is 15.7. The predicted octanol–water partition coefficient (Wildman–Crippen LogP) is 4.09. The summed E-state index contributed by atoms with van der Waals surface area (Å²) in [4.78, 5) is 16.9. The van der Waals surface area contributed by atoms with E-state index in [1.54, 1.807) is 13.8 Å². The van der Waals surface area contributed by atoms with Crippen LogP contribution in [0.1, 0.15) is 24.2 Å². The zero-order valence-corrected chi connectivity index (χ0v) is 17.4. The number of sulfone groups is 1. The van der Waals surface area contributed by atoms with Crippen molar-refractivity contribution in [1.29, 1.82) is 0 Å². The van der Waals surface area contributed by atoms with Crippen molar-refractivity contribution in [2.24, 2.45) is 4.99 Å². The van der Waals surface area contributed by atoms with Crippen LogP contribution < -0.4 is 4.80 Å². The quantitative estimate of drug-likeness (QED) is 0.566. The Hall–Kier alpha value is -2.65. The largest absolute Gasteiger partial charge is 0.310 e. The van der Waals surface area contributed by atoms with Crippen LogP contribution in [-0.2, 0) is 16.4 Å². The third-order valence-corrected chi connectivity index (χ3v) is 7.45. The maximum atomic E-state index is 14.3. The highest BCUT2D eigenvalue weighted by Gasteiger charge is 2.19. The number of thiazole rings is 1. The molecule has 9 heteroatoms. The number of carbonyl (C=O) groups excluding carboxylic acids is 1. The van der Waals surface area contributed by atoms with E-state index >= 15 is 0 Å². The Balaban J connectivity index is 2.07. The molecule has 5 nitrogen and oxygen atoms in total. The van der Waals surface area contributed by atoms with E-state index in [9.17, 15) is 22.0 Å². The second kappa shape index (κ2) is 8.00. The van der Waals surface area contributed by atoms with E-state index in [4.69, 9.17) is 0 Å². The SMILES string of the molecule is C=CCn1c(=NC(=O)c2ccc(S(=O)(=O)C(C)C)cc2)sc2cc(F)cc(F)c21. The lowest BCUT2D eigenvalue weighted by atomic mass is 10.2. The number of hydrogen-bond donors (Lipinski definition) is 0. The van der Waals surface area contributed by atoms with Crippen molar-refractivity contribution in [2.75, 3.05) is 0 Å². The Morgan fingerprint density at radius 3 is 2.48 bits per heavy atom. The molecule has 0 spiro atoms. The van der Waals surface area contributed by atoms with Gasteiger partial charge in [-0.25, -0.2) is 17.2 Å². The van der Waals surface area contributed by atoms with Gasteiger partial charge in [-0.05, 0) is 44.2 Å². The fourth-order valence-electron chi connectivity index (χ4n) is 2.72. The van der Waals surface area contributed by atoms with Crippen molar-refractivity contribution in [3.05, 3.63) is 71.1 Å². The van der Waals surface area contributed by atoms with E-state index in [0.717, 1.165) is 17.4 Å². The van der Waals surface area contributed by atoms with Gasteiger partial charge in [0.2, 0.25) is 0 Å². The van der Waals surface area contributed by atoms with Gasteiger partial charge in [-0.1, -0.05) is 17.4 Å². The summed E-state index contributed by atoms with van der Waals surface area (Å²) in [7, 11) is -3.45. The average molecular weight is 437 g/mol. The van der Waals surface area contributed by atoms with Crippen LogP contribution in [0, 0.1) is 11.6 Å². The summed E-state index contributed by atoms with van der Waals surface area (Å²) in [5, 5.41) is -0.583. The van der Waals surface area contributed by atoms with Crippen LogP contribution in [0.25, 0.3) is 10.2 Å². The summed E-state index contributed by atoms with van der Waals surface area (Å²) in [6.45, 7) is 6.95. The van der Waals surface area contributed by atoms with Gasteiger partial charge in [-0.2, -0.15) is 4.99 Å². The number of amides is 1. The Labute approximate surface area is 170 Å². The number of carbonyl (C=O) groups is 1. The number of allylic oxidation sites excluding steroid dienone is 1. The highest BCUT2D eigenvalue weighted by Crippen LogP contribution is 2.23. The molecule has 0 fully saturated rings. The molecule has 0 aliphatic rings. The van der Waals surface area contributed by atoms with Crippen LogP contribution in [0.2, 0.25) is 0 Å². The molecule has 0 aliphatic heterocycles. The normalized spacial score (nSPS) is 12.7. The van der Waals surface area contributed by atoms with Gasteiger partial charge in [0.25, 0.3) is 5.91 Å². The van der Waals surface area contributed by atoms with Crippen LogP contribution in [0.15, 0.2) is 58.9 Å². The number of hydrogen-bond acceptors (Lipinski definition) is 4. The average Bonchev–Trinajstić information content (AvgIpc) is 2.99. The predicted molar refractivity (Wildman–Crippen MR) is 109 cm³/mol. The molecule has 152 valence electrons. The third kappa shape index (κ3) is 4.06. The van der Waals surface area contributed by atoms with E-state index < -0.39 is 32.6 Å². The smallest absolute Gasteiger partial charge is 0.279 e. The monoisotopic (exact) mass is 436 g/mol. The molecule has 3 aromatic rings. The van der Waals surface area contributed by atoms with Gasteiger partial charge in [0.1, 0.15) is 5.82 Å². The molecule has 0 atom stereocenters. The molecular formula is C20H18F2N2O3S2. The second-order valence-corrected chi connectivity index (χ2v) is 10.1. The maximum Gasteiger partial charge on any atom is 0.279 e. The van der Waals surface area contributed by atoms with Crippen molar-refractivity contribution < 1.29 is 22.0 Å². The van der Waals surface area contributed by atoms with Crippen molar-refractivity contribution >= 4 is 37.3 Å². The summed E-state index contributed by atoms with van der Waals surface area (Å²) in [5.74, 6) is -2.10. The first-order valence-electron chi connectivity index (χ1n) is 8.67.